The summed E-state index contributed by atoms with van der Waals surface area (Å²) in [4.78, 5) is 16.7. The lowest BCUT2D eigenvalue weighted by molar-refractivity contribution is 0.475. The molecule has 27 heavy (non-hydrogen) atoms. The van der Waals surface area contributed by atoms with Gasteiger partial charge in [0.25, 0.3) is 0 Å². The molecule has 6 heteroatoms. The monoisotopic (exact) mass is 355 g/mol. The van der Waals surface area contributed by atoms with Gasteiger partial charge in [0, 0.05) is 10.9 Å². The fourth-order valence-electron chi connectivity index (χ4n) is 2.93. The van der Waals surface area contributed by atoms with Crippen molar-refractivity contribution >= 4 is 16.8 Å². The first-order valence-electron chi connectivity index (χ1n) is 8.10. The molecule has 6 nitrogen and oxygen atoms in total. The Morgan fingerprint density at radius 2 is 1.78 bits per heavy atom. The second-order valence-corrected chi connectivity index (χ2v) is 5.96. The van der Waals surface area contributed by atoms with Crippen molar-refractivity contribution in [3.05, 3.63) is 76.6 Å². The van der Waals surface area contributed by atoms with Crippen LogP contribution in [0.2, 0.25) is 0 Å². The molecular formula is C21H13N3O3. The van der Waals surface area contributed by atoms with Crippen molar-refractivity contribution in [1.82, 2.24) is 4.98 Å². The van der Waals surface area contributed by atoms with Crippen LogP contribution in [0.1, 0.15) is 5.56 Å². The van der Waals surface area contributed by atoms with E-state index in [9.17, 15) is 15.2 Å². The maximum Gasteiger partial charge on any atom is 0.345 e. The van der Waals surface area contributed by atoms with Crippen molar-refractivity contribution < 1.29 is 9.52 Å². The normalized spacial score (nSPS) is 10.6. The molecule has 2 heterocycles. The van der Waals surface area contributed by atoms with Crippen LogP contribution < -0.4 is 11.4 Å². The molecule has 3 N–H and O–H groups in total. The third-order valence-electron chi connectivity index (χ3n) is 4.25. The largest absolute Gasteiger partial charge is 0.508 e. The molecular weight excluding hydrogens is 342 g/mol. The van der Waals surface area contributed by atoms with Crippen LogP contribution in [0, 0.1) is 11.3 Å². The Morgan fingerprint density at radius 1 is 1.04 bits per heavy atom. The number of para-hydroxylation sites is 1. The zero-order valence-electron chi connectivity index (χ0n) is 14.0. The number of nitrogens with zero attached hydrogens (tertiary/aromatic N) is 2. The molecule has 2 aromatic heterocycles. The molecule has 0 radical (unpaired) electrons. The van der Waals surface area contributed by atoms with Crippen molar-refractivity contribution in [2.45, 2.75) is 0 Å². The van der Waals surface area contributed by atoms with Gasteiger partial charge >= 0.3 is 5.63 Å². The van der Waals surface area contributed by atoms with E-state index in [4.69, 9.17) is 10.2 Å². The number of anilines is 1. The highest BCUT2D eigenvalue weighted by Gasteiger charge is 2.16. The van der Waals surface area contributed by atoms with E-state index >= 15 is 0 Å². The van der Waals surface area contributed by atoms with E-state index in [0.717, 1.165) is 5.39 Å². The summed E-state index contributed by atoms with van der Waals surface area (Å²) in [5.74, 6) is 0.125. The molecule has 0 saturated carbocycles. The van der Waals surface area contributed by atoms with Crippen molar-refractivity contribution in [2.24, 2.45) is 0 Å². The van der Waals surface area contributed by atoms with Crippen LogP contribution in [0.5, 0.6) is 5.75 Å². The van der Waals surface area contributed by atoms with E-state index in [1.807, 2.05) is 18.2 Å². The maximum absolute atomic E-state index is 12.4. The Bertz CT molecular complexity index is 1270. The number of hydrogen-bond donors (Lipinski definition) is 2. The van der Waals surface area contributed by atoms with Gasteiger partial charge < -0.3 is 15.3 Å². The molecule has 0 fully saturated rings. The molecule has 2 aromatic carbocycles. The molecule has 0 bridgehead atoms. The summed E-state index contributed by atoms with van der Waals surface area (Å²) in [6.07, 6.45) is 0. The minimum atomic E-state index is -0.540. The van der Waals surface area contributed by atoms with Gasteiger partial charge in [0.15, 0.2) is 0 Å². The fraction of sp³-hybridized carbons (Fsp3) is 0. The molecule has 0 amide bonds. The van der Waals surface area contributed by atoms with E-state index in [1.165, 1.54) is 12.1 Å². The highest BCUT2D eigenvalue weighted by molar-refractivity contribution is 5.84. The van der Waals surface area contributed by atoms with Gasteiger partial charge in [0.05, 0.1) is 11.3 Å². The first kappa shape index (κ1) is 16.4. The summed E-state index contributed by atoms with van der Waals surface area (Å²) in [5.41, 5.74) is 7.89. The fourth-order valence-corrected chi connectivity index (χ4v) is 2.93. The van der Waals surface area contributed by atoms with Gasteiger partial charge in [-0.2, -0.15) is 5.26 Å². The predicted molar refractivity (Wildman–Crippen MR) is 102 cm³/mol. The average Bonchev–Trinajstić information content (AvgIpc) is 2.67. The number of rotatable bonds is 2. The SMILES string of the molecule is N#Cc1c(-c2ccc(O)cc2)cc(-c2cc3ccccc3oc2=O)nc1N. The molecule has 0 aliphatic heterocycles. The smallest absolute Gasteiger partial charge is 0.345 e. The molecule has 130 valence electrons. The van der Waals surface area contributed by atoms with E-state index in [-0.39, 0.29) is 22.7 Å². The summed E-state index contributed by atoms with van der Waals surface area (Å²) in [6.45, 7) is 0. The minimum absolute atomic E-state index is 0.0191. The highest BCUT2D eigenvalue weighted by atomic mass is 16.4. The average molecular weight is 355 g/mol. The molecule has 0 unspecified atom stereocenters. The van der Waals surface area contributed by atoms with E-state index in [0.29, 0.717) is 22.4 Å². The Kier molecular flexibility index (Phi) is 3.83. The molecule has 4 aromatic rings. The first-order valence-corrected chi connectivity index (χ1v) is 8.10. The van der Waals surface area contributed by atoms with Crippen LogP contribution in [0.4, 0.5) is 5.82 Å². The number of nitrogen functional groups attached to an aromatic ring is 1. The Hall–Kier alpha value is -4.11. The Labute approximate surface area is 153 Å². The number of phenolic OH excluding ortho intramolecular Hbond substituents is 1. The lowest BCUT2D eigenvalue weighted by atomic mass is 9.98. The molecule has 4 rings (SSSR count). The van der Waals surface area contributed by atoms with Crippen LogP contribution in [0.3, 0.4) is 0 Å². The number of pyridine rings is 1. The number of aromatic hydroxyl groups is 1. The summed E-state index contributed by atoms with van der Waals surface area (Å²) in [5, 5.41) is 19.7. The third kappa shape index (κ3) is 2.87. The van der Waals surface area contributed by atoms with Gasteiger partial charge in [-0.05, 0) is 35.9 Å². The zero-order chi connectivity index (χ0) is 19.0. The lowest BCUT2D eigenvalue weighted by Gasteiger charge is -2.10. The molecule has 0 aliphatic carbocycles. The zero-order valence-corrected chi connectivity index (χ0v) is 14.0. The minimum Gasteiger partial charge on any atom is -0.508 e. The van der Waals surface area contributed by atoms with E-state index in [1.54, 1.807) is 36.4 Å². The van der Waals surface area contributed by atoms with Gasteiger partial charge in [0.1, 0.15) is 28.8 Å². The van der Waals surface area contributed by atoms with Gasteiger partial charge in [-0.25, -0.2) is 9.78 Å². The molecule has 0 spiro atoms. The summed E-state index contributed by atoms with van der Waals surface area (Å²) in [6, 6.07) is 18.9. The number of nitrogens with two attached hydrogens (primary N) is 1. The summed E-state index contributed by atoms with van der Waals surface area (Å²) < 4.78 is 5.37. The number of hydrogen-bond acceptors (Lipinski definition) is 6. The number of aromatic nitrogens is 1. The van der Waals surface area contributed by atoms with Crippen molar-refractivity contribution in [2.75, 3.05) is 5.73 Å². The number of fused-ring (bicyclic) bond motifs is 1. The Balaban J connectivity index is 1.97. The standard InChI is InChI=1S/C21H13N3O3/c22-11-17-15(12-5-7-14(25)8-6-12)10-18(24-20(17)23)16-9-13-3-1-2-4-19(13)27-21(16)26/h1-10,25H,(H2,23,24). The van der Waals surface area contributed by atoms with Crippen LogP contribution in [-0.4, -0.2) is 10.1 Å². The third-order valence-corrected chi connectivity index (χ3v) is 4.25. The van der Waals surface area contributed by atoms with E-state index < -0.39 is 5.63 Å². The predicted octanol–water partition coefficient (Wildman–Crippen LogP) is 3.68. The molecule has 0 aliphatic rings. The maximum atomic E-state index is 12.4. The molecule has 0 atom stereocenters. The van der Waals surface area contributed by atoms with Crippen LogP contribution in [-0.2, 0) is 0 Å². The number of phenols is 1. The van der Waals surface area contributed by atoms with Gasteiger partial charge in [-0.1, -0.05) is 30.3 Å². The lowest BCUT2D eigenvalue weighted by Crippen LogP contribution is -2.06. The van der Waals surface area contributed by atoms with Gasteiger partial charge in [-0.3, -0.25) is 0 Å². The number of nitriles is 1. The van der Waals surface area contributed by atoms with Crippen LogP contribution in [0.25, 0.3) is 33.4 Å². The topological polar surface area (TPSA) is 113 Å². The quantitative estimate of drug-likeness (QED) is 0.530. The van der Waals surface area contributed by atoms with Crippen molar-refractivity contribution in [3.8, 4) is 34.2 Å². The second kappa shape index (κ2) is 6.32. The van der Waals surface area contributed by atoms with Crippen LogP contribution >= 0.6 is 0 Å². The number of benzene rings is 2. The second-order valence-electron chi connectivity index (χ2n) is 5.96. The van der Waals surface area contributed by atoms with Crippen molar-refractivity contribution in [1.29, 1.82) is 5.26 Å². The first-order chi connectivity index (χ1) is 13.1. The summed E-state index contributed by atoms with van der Waals surface area (Å²) in [7, 11) is 0. The molecule has 0 saturated heterocycles. The summed E-state index contributed by atoms with van der Waals surface area (Å²) >= 11 is 0. The van der Waals surface area contributed by atoms with Gasteiger partial charge in [-0.15, -0.1) is 0 Å². The van der Waals surface area contributed by atoms with E-state index in [2.05, 4.69) is 4.98 Å². The van der Waals surface area contributed by atoms with Gasteiger partial charge in [0.2, 0.25) is 0 Å². The Morgan fingerprint density at radius 3 is 2.52 bits per heavy atom. The van der Waals surface area contributed by atoms with Crippen LogP contribution in [0.15, 0.2) is 69.9 Å². The van der Waals surface area contributed by atoms with Crippen molar-refractivity contribution in [3.63, 3.8) is 0 Å². The highest BCUT2D eigenvalue weighted by Crippen LogP contribution is 2.31.